The Balaban J connectivity index is 2.49. The Bertz CT molecular complexity index is 325. The third kappa shape index (κ3) is 1.30. The smallest absolute Gasteiger partial charge is 0.127 e. The van der Waals surface area contributed by atoms with Gasteiger partial charge in [0.25, 0.3) is 0 Å². The van der Waals surface area contributed by atoms with Gasteiger partial charge in [0.05, 0.1) is 6.04 Å². The Morgan fingerprint density at radius 3 is 3.08 bits per heavy atom. The van der Waals surface area contributed by atoms with E-state index >= 15 is 0 Å². The lowest BCUT2D eigenvalue weighted by Crippen LogP contribution is -2.35. The van der Waals surface area contributed by atoms with Crippen molar-refractivity contribution in [2.45, 2.75) is 19.1 Å². The predicted molar refractivity (Wildman–Crippen MR) is 49.6 cm³/mol. The summed E-state index contributed by atoms with van der Waals surface area (Å²) in [5.41, 5.74) is 7.80. The Labute approximate surface area is 77.1 Å². The summed E-state index contributed by atoms with van der Waals surface area (Å²) >= 11 is 0. The molecule has 3 nitrogen and oxygen atoms in total. The molecule has 1 aliphatic heterocycles. The highest BCUT2D eigenvalue weighted by molar-refractivity contribution is 5.44. The molecule has 0 bridgehead atoms. The van der Waals surface area contributed by atoms with Crippen LogP contribution in [-0.2, 0) is 0 Å². The van der Waals surface area contributed by atoms with Gasteiger partial charge in [-0.15, -0.1) is 0 Å². The topological polar surface area (TPSA) is 55.5 Å². The van der Waals surface area contributed by atoms with Gasteiger partial charge >= 0.3 is 0 Å². The van der Waals surface area contributed by atoms with Crippen molar-refractivity contribution in [3.8, 4) is 5.75 Å². The van der Waals surface area contributed by atoms with Crippen LogP contribution in [0.1, 0.15) is 17.2 Å². The van der Waals surface area contributed by atoms with Crippen LogP contribution in [0, 0.1) is 6.92 Å². The van der Waals surface area contributed by atoms with E-state index in [-0.39, 0.29) is 6.04 Å². The number of aliphatic hydroxyl groups is 1. The molecule has 0 saturated heterocycles. The number of hydrogen-bond acceptors (Lipinski definition) is 3. The fraction of sp³-hybridized carbons (Fsp3) is 0.400. The minimum atomic E-state index is -0.589. The lowest BCUT2D eigenvalue weighted by molar-refractivity contribution is 0.0674. The summed E-state index contributed by atoms with van der Waals surface area (Å²) in [5.74, 6) is 0.834. The quantitative estimate of drug-likeness (QED) is 0.618. The fourth-order valence-electron chi connectivity index (χ4n) is 1.61. The standard InChI is InChI=1S/C10H13NO2/c1-6-3-2-4-7-9(11)8(12)5-13-10(6)7/h2-4,8-9,12H,5,11H2,1H3/t8-,9+/m1/s1. The van der Waals surface area contributed by atoms with E-state index in [2.05, 4.69) is 0 Å². The van der Waals surface area contributed by atoms with Gasteiger partial charge in [-0.3, -0.25) is 0 Å². The summed E-state index contributed by atoms with van der Waals surface area (Å²) in [6.07, 6.45) is -0.589. The molecule has 0 unspecified atom stereocenters. The Morgan fingerprint density at radius 2 is 2.31 bits per heavy atom. The third-order valence-corrected chi connectivity index (χ3v) is 2.41. The van der Waals surface area contributed by atoms with Crippen LogP contribution < -0.4 is 10.5 Å². The van der Waals surface area contributed by atoms with Crippen molar-refractivity contribution in [3.63, 3.8) is 0 Å². The van der Waals surface area contributed by atoms with Gasteiger partial charge in [-0.25, -0.2) is 0 Å². The molecule has 1 heterocycles. The molecule has 1 aromatic rings. The second kappa shape index (κ2) is 3.01. The first-order valence-corrected chi connectivity index (χ1v) is 4.36. The van der Waals surface area contributed by atoms with Crippen LogP contribution in [-0.4, -0.2) is 17.8 Å². The van der Waals surface area contributed by atoms with E-state index in [9.17, 15) is 5.11 Å². The molecule has 3 heteroatoms. The highest BCUT2D eigenvalue weighted by Gasteiger charge is 2.26. The van der Waals surface area contributed by atoms with Gasteiger partial charge in [0.1, 0.15) is 18.5 Å². The van der Waals surface area contributed by atoms with Crippen LogP contribution in [0.15, 0.2) is 18.2 Å². The number of hydrogen-bond donors (Lipinski definition) is 2. The zero-order chi connectivity index (χ0) is 9.42. The summed E-state index contributed by atoms with van der Waals surface area (Å²) < 4.78 is 5.41. The number of fused-ring (bicyclic) bond motifs is 1. The largest absolute Gasteiger partial charge is 0.490 e. The van der Waals surface area contributed by atoms with Crippen LogP contribution >= 0.6 is 0 Å². The van der Waals surface area contributed by atoms with E-state index in [0.29, 0.717) is 6.61 Å². The Kier molecular flexibility index (Phi) is 1.98. The molecule has 70 valence electrons. The number of benzene rings is 1. The van der Waals surface area contributed by atoms with Crippen LogP contribution in [0.3, 0.4) is 0 Å². The third-order valence-electron chi connectivity index (χ3n) is 2.41. The molecule has 0 saturated carbocycles. The molecule has 0 spiro atoms. The maximum Gasteiger partial charge on any atom is 0.127 e. The van der Waals surface area contributed by atoms with Crippen LogP contribution in [0.2, 0.25) is 0 Å². The van der Waals surface area contributed by atoms with Gasteiger partial charge in [-0.05, 0) is 12.5 Å². The van der Waals surface area contributed by atoms with Crippen molar-refractivity contribution in [1.29, 1.82) is 0 Å². The molecule has 13 heavy (non-hydrogen) atoms. The first kappa shape index (κ1) is 8.53. The molecule has 0 aliphatic carbocycles. The van der Waals surface area contributed by atoms with Crippen LogP contribution in [0.25, 0.3) is 0 Å². The molecule has 0 fully saturated rings. The SMILES string of the molecule is Cc1cccc2c1OC[C@@H](O)[C@H]2N. The highest BCUT2D eigenvalue weighted by atomic mass is 16.5. The van der Waals surface area contributed by atoms with E-state index in [1.54, 1.807) is 0 Å². The lowest BCUT2D eigenvalue weighted by Gasteiger charge is -2.28. The molecule has 0 radical (unpaired) electrons. The van der Waals surface area contributed by atoms with E-state index in [1.807, 2.05) is 25.1 Å². The summed E-state index contributed by atoms with van der Waals surface area (Å²) in [6.45, 7) is 2.27. The molecule has 1 aromatic carbocycles. The van der Waals surface area contributed by atoms with Gasteiger partial charge in [-0.1, -0.05) is 18.2 Å². The van der Waals surface area contributed by atoms with Gasteiger partial charge in [0, 0.05) is 5.56 Å². The second-order valence-corrected chi connectivity index (χ2v) is 3.40. The Morgan fingerprint density at radius 1 is 1.54 bits per heavy atom. The molecular formula is C10H13NO2. The number of ether oxygens (including phenoxy) is 1. The number of nitrogens with two attached hydrogens (primary N) is 1. The molecule has 2 atom stereocenters. The number of rotatable bonds is 0. The number of aliphatic hydroxyl groups excluding tert-OH is 1. The number of aryl methyl sites for hydroxylation is 1. The van der Waals surface area contributed by atoms with Crippen LogP contribution in [0.5, 0.6) is 5.75 Å². The average Bonchev–Trinajstić information content (AvgIpc) is 2.12. The van der Waals surface area contributed by atoms with E-state index in [4.69, 9.17) is 10.5 Å². The maximum absolute atomic E-state index is 9.47. The van der Waals surface area contributed by atoms with E-state index in [0.717, 1.165) is 16.9 Å². The van der Waals surface area contributed by atoms with E-state index in [1.165, 1.54) is 0 Å². The molecule has 3 N–H and O–H groups in total. The fourth-order valence-corrected chi connectivity index (χ4v) is 1.61. The van der Waals surface area contributed by atoms with Crippen molar-refractivity contribution in [1.82, 2.24) is 0 Å². The molecule has 2 rings (SSSR count). The molecule has 1 aliphatic rings. The monoisotopic (exact) mass is 179 g/mol. The van der Waals surface area contributed by atoms with Crippen LogP contribution in [0.4, 0.5) is 0 Å². The minimum absolute atomic E-state index is 0.291. The first-order chi connectivity index (χ1) is 6.20. The number of para-hydroxylation sites is 1. The zero-order valence-corrected chi connectivity index (χ0v) is 7.53. The minimum Gasteiger partial charge on any atom is -0.490 e. The maximum atomic E-state index is 9.47. The van der Waals surface area contributed by atoms with Crippen molar-refractivity contribution >= 4 is 0 Å². The Hall–Kier alpha value is -1.06. The highest BCUT2D eigenvalue weighted by Crippen LogP contribution is 2.33. The van der Waals surface area contributed by atoms with Gasteiger partial charge in [0.15, 0.2) is 0 Å². The normalized spacial score (nSPS) is 26.4. The molecule has 0 amide bonds. The zero-order valence-electron chi connectivity index (χ0n) is 7.53. The van der Waals surface area contributed by atoms with Gasteiger partial charge in [-0.2, -0.15) is 0 Å². The second-order valence-electron chi connectivity index (χ2n) is 3.40. The first-order valence-electron chi connectivity index (χ1n) is 4.36. The summed E-state index contributed by atoms with van der Waals surface area (Å²) in [4.78, 5) is 0. The average molecular weight is 179 g/mol. The molecule has 0 aromatic heterocycles. The van der Waals surface area contributed by atoms with Gasteiger partial charge in [0.2, 0.25) is 0 Å². The van der Waals surface area contributed by atoms with Crippen molar-refractivity contribution in [2.75, 3.05) is 6.61 Å². The summed E-state index contributed by atoms with van der Waals surface area (Å²) in [7, 11) is 0. The van der Waals surface area contributed by atoms with Crippen molar-refractivity contribution in [3.05, 3.63) is 29.3 Å². The van der Waals surface area contributed by atoms with Crippen molar-refractivity contribution in [2.24, 2.45) is 5.73 Å². The van der Waals surface area contributed by atoms with E-state index < -0.39 is 6.10 Å². The molecular weight excluding hydrogens is 166 g/mol. The summed E-state index contributed by atoms with van der Waals surface area (Å²) in [6, 6.07) is 5.48. The van der Waals surface area contributed by atoms with Gasteiger partial charge < -0.3 is 15.6 Å². The van der Waals surface area contributed by atoms with Crippen molar-refractivity contribution < 1.29 is 9.84 Å². The lowest BCUT2D eigenvalue weighted by atomic mass is 9.97. The summed E-state index contributed by atoms with van der Waals surface area (Å²) in [5, 5.41) is 9.47. The predicted octanol–water partition coefficient (Wildman–Crippen LogP) is 0.748.